The van der Waals surface area contributed by atoms with E-state index in [-0.39, 0.29) is 32.1 Å². The zero-order chi connectivity index (χ0) is 23.1. The van der Waals surface area contributed by atoms with Crippen molar-refractivity contribution in [2.75, 3.05) is 56.2 Å². The van der Waals surface area contributed by atoms with Crippen LogP contribution < -0.4 is 15.8 Å². The van der Waals surface area contributed by atoms with Crippen molar-refractivity contribution in [2.24, 2.45) is 0 Å². The Morgan fingerprint density at radius 1 is 1.16 bits per heavy atom. The SMILES string of the molecule is O=C(CCOCCNc1cn[nH]c(=O)c1C(F)(F)F)N1CCN(c2ccc(F)cn2)CC1. The molecule has 0 radical (unpaired) electrons. The largest absolute Gasteiger partial charge is 0.423 e. The van der Waals surface area contributed by atoms with Gasteiger partial charge >= 0.3 is 6.18 Å². The lowest BCUT2D eigenvalue weighted by Gasteiger charge is -2.35. The summed E-state index contributed by atoms with van der Waals surface area (Å²) >= 11 is 0. The number of hydrogen-bond acceptors (Lipinski definition) is 7. The minimum absolute atomic E-state index is 0.00570. The number of aromatic nitrogens is 3. The van der Waals surface area contributed by atoms with Crippen molar-refractivity contribution in [3.05, 3.63) is 46.3 Å². The van der Waals surface area contributed by atoms with E-state index in [9.17, 15) is 27.2 Å². The molecule has 3 heterocycles. The van der Waals surface area contributed by atoms with Crippen molar-refractivity contribution in [3.63, 3.8) is 0 Å². The quantitative estimate of drug-likeness (QED) is 0.456. The number of carbonyl (C=O) groups excluding carboxylic acids is 1. The molecule has 0 unspecified atom stereocenters. The van der Waals surface area contributed by atoms with Gasteiger partial charge in [0.2, 0.25) is 5.91 Å². The molecule has 2 N–H and O–H groups in total. The summed E-state index contributed by atoms with van der Waals surface area (Å²) in [5.74, 6) is 0.147. The van der Waals surface area contributed by atoms with Gasteiger partial charge in [-0.05, 0) is 12.1 Å². The Bertz CT molecular complexity index is 959. The highest BCUT2D eigenvalue weighted by molar-refractivity contribution is 5.76. The van der Waals surface area contributed by atoms with Crippen molar-refractivity contribution in [1.82, 2.24) is 20.1 Å². The van der Waals surface area contributed by atoms with E-state index < -0.39 is 28.8 Å². The molecule has 1 saturated heterocycles. The average Bonchev–Trinajstić information content (AvgIpc) is 2.76. The van der Waals surface area contributed by atoms with Crippen LogP contribution >= 0.6 is 0 Å². The monoisotopic (exact) mass is 458 g/mol. The van der Waals surface area contributed by atoms with Gasteiger partial charge in [-0.1, -0.05) is 0 Å². The van der Waals surface area contributed by atoms with Crippen LogP contribution in [0.2, 0.25) is 0 Å². The second-order valence-electron chi connectivity index (χ2n) is 6.98. The maximum Gasteiger partial charge on any atom is 0.423 e. The summed E-state index contributed by atoms with van der Waals surface area (Å²) in [5.41, 5.74) is -3.11. The van der Waals surface area contributed by atoms with Gasteiger partial charge in [0.25, 0.3) is 5.56 Å². The molecule has 0 spiro atoms. The lowest BCUT2D eigenvalue weighted by molar-refractivity contribution is -0.138. The van der Waals surface area contributed by atoms with E-state index >= 15 is 0 Å². The van der Waals surface area contributed by atoms with Crippen LogP contribution in [0.25, 0.3) is 0 Å². The first-order valence-electron chi connectivity index (χ1n) is 9.86. The summed E-state index contributed by atoms with van der Waals surface area (Å²) in [7, 11) is 0. The number of pyridine rings is 1. The zero-order valence-corrected chi connectivity index (χ0v) is 17.0. The van der Waals surface area contributed by atoms with E-state index in [2.05, 4.69) is 15.4 Å². The predicted octanol–water partition coefficient (Wildman–Crippen LogP) is 1.49. The Morgan fingerprint density at radius 2 is 1.91 bits per heavy atom. The molecular weight excluding hydrogens is 436 g/mol. The molecule has 1 aliphatic rings. The molecule has 32 heavy (non-hydrogen) atoms. The minimum atomic E-state index is -4.82. The van der Waals surface area contributed by atoms with Crippen LogP contribution in [0.15, 0.2) is 29.3 Å². The van der Waals surface area contributed by atoms with Crippen LogP contribution in [-0.4, -0.2) is 71.9 Å². The number of amides is 1. The Labute approximate surface area is 180 Å². The summed E-state index contributed by atoms with van der Waals surface area (Å²) < 4.78 is 57.2. The molecule has 0 aromatic carbocycles. The van der Waals surface area contributed by atoms with E-state index in [1.54, 1.807) is 16.1 Å². The number of H-pyrrole nitrogens is 1. The normalized spacial score (nSPS) is 14.5. The number of ether oxygens (including phenoxy) is 1. The first kappa shape index (κ1) is 23.4. The van der Waals surface area contributed by atoms with Crippen LogP contribution in [0, 0.1) is 5.82 Å². The van der Waals surface area contributed by atoms with Crippen LogP contribution in [-0.2, 0) is 15.7 Å². The van der Waals surface area contributed by atoms with E-state index in [1.165, 1.54) is 6.07 Å². The molecule has 174 valence electrons. The average molecular weight is 458 g/mol. The first-order valence-corrected chi connectivity index (χ1v) is 9.86. The van der Waals surface area contributed by atoms with Crippen molar-refractivity contribution in [3.8, 4) is 0 Å². The number of halogens is 4. The third-order valence-corrected chi connectivity index (χ3v) is 4.83. The van der Waals surface area contributed by atoms with Gasteiger partial charge in [-0.15, -0.1) is 0 Å². The highest BCUT2D eigenvalue weighted by Crippen LogP contribution is 2.31. The maximum atomic E-state index is 13.0. The number of alkyl halides is 3. The third-order valence-electron chi connectivity index (χ3n) is 4.83. The number of piperazine rings is 1. The number of nitrogens with zero attached hydrogens (tertiary/aromatic N) is 4. The number of nitrogens with one attached hydrogen (secondary N) is 2. The van der Waals surface area contributed by atoms with E-state index in [1.807, 2.05) is 4.90 Å². The van der Waals surface area contributed by atoms with Gasteiger partial charge < -0.3 is 19.9 Å². The van der Waals surface area contributed by atoms with Crippen LogP contribution in [0.4, 0.5) is 29.1 Å². The van der Waals surface area contributed by atoms with Crippen LogP contribution in [0.5, 0.6) is 0 Å². The number of hydrogen-bond donors (Lipinski definition) is 2. The number of carbonyl (C=O) groups is 1. The summed E-state index contributed by atoms with van der Waals surface area (Å²) in [4.78, 5) is 31.4. The van der Waals surface area contributed by atoms with Gasteiger partial charge in [0.05, 0.1) is 37.7 Å². The molecule has 1 aliphatic heterocycles. The van der Waals surface area contributed by atoms with E-state index in [0.29, 0.717) is 32.0 Å². The molecule has 13 heteroatoms. The smallest absolute Gasteiger partial charge is 0.381 e. The molecule has 0 aliphatic carbocycles. The van der Waals surface area contributed by atoms with Gasteiger partial charge in [-0.25, -0.2) is 14.5 Å². The van der Waals surface area contributed by atoms with Crippen LogP contribution in [0.1, 0.15) is 12.0 Å². The zero-order valence-electron chi connectivity index (χ0n) is 17.0. The van der Waals surface area contributed by atoms with E-state index in [4.69, 9.17) is 4.74 Å². The predicted molar refractivity (Wildman–Crippen MR) is 107 cm³/mol. The second kappa shape index (κ2) is 10.4. The molecule has 2 aromatic heterocycles. The molecule has 0 bridgehead atoms. The standard InChI is InChI=1S/C19H22F4N6O3/c20-13-1-2-15(25-11-13)28-5-7-29(8-6-28)16(30)3-9-32-10-4-24-14-12-26-27-18(31)17(14)19(21,22)23/h1-2,11-12H,3-10H2,(H2,24,27,31). The molecular formula is C19H22F4N6O3. The molecule has 3 rings (SSSR count). The maximum absolute atomic E-state index is 13.0. The summed E-state index contributed by atoms with van der Waals surface area (Å²) in [6, 6.07) is 2.93. The number of anilines is 2. The summed E-state index contributed by atoms with van der Waals surface area (Å²) in [6.07, 6.45) is -2.65. The van der Waals surface area contributed by atoms with Gasteiger partial charge in [-0.2, -0.15) is 18.3 Å². The fraction of sp³-hybridized carbons (Fsp3) is 0.474. The molecule has 0 atom stereocenters. The van der Waals surface area contributed by atoms with Crippen molar-refractivity contribution >= 4 is 17.4 Å². The minimum Gasteiger partial charge on any atom is -0.381 e. The Kier molecular flexibility index (Phi) is 7.62. The second-order valence-corrected chi connectivity index (χ2v) is 6.98. The topological polar surface area (TPSA) is 103 Å². The molecule has 9 nitrogen and oxygen atoms in total. The number of aromatic amines is 1. The Balaban J connectivity index is 1.35. The third kappa shape index (κ3) is 6.15. The Hall–Kier alpha value is -3.22. The lowest BCUT2D eigenvalue weighted by atomic mass is 10.2. The van der Waals surface area contributed by atoms with E-state index in [0.717, 1.165) is 12.4 Å². The molecule has 0 saturated carbocycles. The number of rotatable bonds is 8. The van der Waals surface area contributed by atoms with Crippen molar-refractivity contribution in [1.29, 1.82) is 0 Å². The van der Waals surface area contributed by atoms with Crippen molar-refractivity contribution in [2.45, 2.75) is 12.6 Å². The lowest BCUT2D eigenvalue weighted by Crippen LogP contribution is -2.49. The highest BCUT2D eigenvalue weighted by Gasteiger charge is 2.37. The van der Waals surface area contributed by atoms with Gasteiger partial charge in [0.1, 0.15) is 17.2 Å². The molecule has 1 fully saturated rings. The van der Waals surface area contributed by atoms with Gasteiger partial charge in [0, 0.05) is 32.7 Å². The molecule has 1 amide bonds. The van der Waals surface area contributed by atoms with Gasteiger partial charge in [0.15, 0.2) is 0 Å². The fourth-order valence-electron chi connectivity index (χ4n) is 3.23. The first-order chi connectivity index (χ1) is 15.3. The Morgan fingerprint density at radius 3 is 2.56 bits per heavy atom. The summed E-state index contributed by atoms with van der Waals surface area (Å²) in [5, 5.41) is 7.60. The summed E-state index contributed by atoms with van der Waals surface area (Å²) in [6.45, 7) is 2.29. The fourth-order valence-corrected chi connectivity index (χ4v) is 3.23. The van der Waals surface area contributed by atoms with Gasteiger partial charge in [-0.3, -0.25) is 9.59 Å². The highest BCUT2D eigenvalue weighted by atomic mass is 19.4. The molecule has 2 aromatic rings. The van der Waals surface area contributed by atoms with Crippen LogP contribution in [0.3, 0.4) is 0 Å². The van der Waals surface area contributed by atoms with Crippen molar-refractivity contribution < 1.29 is 27.1 Å².